The van der Waals surface area contributed by atoms with Gasteiger partial charge >= 0.3 is 6.03 Å². The zero-order valence-corrected chi connectivity index (χ0v) is 16.7. The number of urea groups is 1. The molecule has 3 N–H and O–H groups in total. The fourth-order valence-electron chi connectivity index (χ4n) is 2.52. The average molecular weight is 390 g/mol. The van der Waals surface area contributed by atoms with E-state index in [0.29, 0.717) is 25.9 Å². The van der Waals surface area contributed by atoms with Crippen LogP contribution < -0.4 is 10.6 Å². The van der Waals surface area contributed by atoms with E-state index in [1.54, 1.807) is 25.1 Å². The predicted octanol–water partition coefficient (Wildman–Crippen LogP) is 1.12. The van der Waals surface area contributed by atoms with Crippen LogP contribution in [0.2, 0.25) is 0 Å². The number of benzene rings is 1. The number of hydrogen-bond acceptors (Lipinski definition) is 5. The van der Waals surface area contributed by atoms with Gasteiger partial charge in [-0.1, -0.05) is 18.2 Å². The second-order valence-corrected chi connectivity index (χ2v) is 6.62. The smallest absolute Gasteiger partial charge is 0.314 e. The molecule has 0 aliphatic rings. The summed E-state index contributed by atoms with van der Waals surface area (Å²) in [5, 5.41) is 14.9. The van der Waals surface area contributed by atoms with Crippen LogP contribution in [0.3, 0.4) is 0 Å². The second-order valence-electron chi connectivity index (χ2n) is 6.62. The van der Waals surface area contributed by atoms with Crippen molar-refractivity contribution >= 4 is 18.3 Å². The van der Waals surface area contributed by atoms with E-state index in [4.69, 9.17) is 0 Å². The van der Waals surface area contributed by atoms with Crippen molar-refractivity contribution in [2.45, 2.75) is 25.8 Å². The number of carbonyl (C=O) groups is 3. The number of likely N-dealkylation sites (N-methyl/N-ethyl adjacent to an activating group) is 1. The predicted molar refractivity (Wildman–Crippen MR) is 108 cm³/mol. The van der Waals surface area contributed by atoms with E-state index in [1.807, 2.05) is 31.1 Å². The number of nitrogens with one attached hydrogen (secondary N) is 2. The summed E-state index contributed by atoms with van der Waals surface area (Å²) in [7, 11) is 3.89. The second kappa shape index (κ2) is 12.5. The fourth-order valence-corrected chi connectivity index (χ4v) is 2.52. The molecular formula is C20H30N4O4. The zero-order valence-electron chi connectivity index (χ0n) is 16.7. The van der Waals surface area contributed by atoms with Gasteiger partial charge in [-0.3, -0.25) is 14.5 Å². The Labute approximate surface area is 166 Å². The van der Waals surface area contributed by atoms with Crippen LogP contribution in [0.4, 0.5) is 4.79 Å². The maximum Gasteiger partial charge on any atom is 0.314 e. The topological polar surface area (TPSA) is 102 Å². The summed E-state index contributed by atoms with van der Waals surface area (Å²) in [6.07, 6.45) is 4.59. The third-order valence-corrected chi connectivity index (χ3v) is 4.22. The minimum atomic E-state index is -0.370. The molecule has 0 spiro atoms. The summed E-state index contributed by atoms with van der Waals surface area (Å²) in [6, 6.07) is 6.81. The maximum absolute atomic E-state index is 12.0. The molecule has 28 heavy (non-hydrogen) atoms. The number of hydrogen-bond donors (Lipinski definition) is 3. The molecule has 1 aromatic carbocycles. The number of rotatable bonds is 11. The molecule has 8 heteroatoms. The van der Waals surface area contributed by atoms with Crippen molar-refractivity contribution in [2.24, 2.45) is 0 Å². The molecule has 0 saturated heterocycles. The van der Waals surface area contributed by atoms with Gasteiger partial charge in [0.15, 0.2) is 0 Å². The lowest BCUT2D eigenvalue weighted by molar-refractivity contribution is -0.134. The Hall–Kier alpha value is -2.87. The minimum Gasteiger partial charge on any atom is -0.508 e. The summed E-state index contributed by atoms with van der Waals surface area (Å²) in [5.41, 5.74) is 1.07. The van der Waals surface area contributed by atoms with E-state index in [1.165, 1.54) is 6.08 Å². The van der Waals surface area contributed by atoms with Gasteiger partial charge in [0, 0.05) is 25.7 Å². The highest BCUT2D eigenvalue weighted by Gasteiger charge is 2.14. The third-order valence-electron chi connectivity index (χ3n) is 4.22. The molecule has 8 nitrogen and oxygen atoms in total. The molecule has 154 valence electrons. The Morgan fingerprint density at radius 2 is 1.86 bits per heavy atom. The summed E-state index contributed by atoms with van der Waals surface area (Å²) < 4.78 is 0. The van der Waals surface area contributed by atoms with E-state index >= 15 is 0 Å². The lowest BCUT2D eigenvalue weighted by Crippen LogP contribution is -2.45. The first-order chi connectivity index (χ1) is 13.4. The van der Waals surface area contributed by atoms with E-state index in [0.717, 1.165) is 16.9 Å². The van der Waals surface area contributed by atoms with E-state index < -0.39 is 0 Å². The third kappa shape index (κ3) is 8.68. The quantitative estimate of drug-likeness (QED) is 0.299. The Morgan fingerprint density at radius 3 is 2.43 bits per heavy atom. The fraction of sp³-hybridized carbons (Fsp3) is 0.450. The van der Waals surface area contributed by atoms with Crippen molar-refractivity contribution in [3.63, 3.8) is 0 Å². The van der Waals surface area contributed by atoms with Crippen molar-refractivity contribution < 1.29 is 19.5 Å². The number of phenolic OH excluding ortho intramolecular Hbond substituents is 1. The van der Waals surface area contributed by atoms with Crippen molar-refractivity contribution in [3.8, 4) is 5.75 Å². The number of aromatic hydroxyl groups is 1. The highest BCUT2D eigenvalue weighted by Crippen LogP contribution is 2.12. The van der Waals surface area contributed by atoms with Gasteiger partial charge < -0.3 is 20.6 Å². The van der Waals surface area contributed by atoms with Gasteiger partial charge in [0.25, 0.3) is 5.91 Å². The minimum absolute atomic E-state index is 0.0966. The summed E-state index contributed by atoms with van der Waals surface area (Å²) in [4.78, 5) is 37.6. The van der Waals surface area contributed by atoms with E-state index in [-0.39, 0.29) is 30.3 Å². The first-order valence-corrected chi connectivity index (χ1v) is 9.22. The SMILES string of the molecule is C/C=C\C(=O)N(C=O)CCCNC(=O)NCC(Cc1ccc(O)cc1)N(C)C. The van der Waals surface area contributed by atoms with Gasteiger partial charge in [-0.15, -0.1) is 0 Å². The molecule has 1 rings (SSSR count). The molecule has 1 atom stereocenters. The Balaban J connectivity index is 2.35. The van der Waals surface area contributed by atoms with Gasteiger partial charge in [-0.2, -0.15) is 0 Å². The normalized spacial score (nSPS) is 12.0. The molecule has 0 saturated carbocycles. The van der Waals surface area contributed by atoms with Gasteiger partial charge in [0.05, 0.1) is 0 Å². The highest BCUT2D eigenvalue weighted by atomic mass is 16.3. The maximum atomic E-state index is 12.0. The van der Waals surface area contributed by atoms with E-state index in [2.05, 4.69) is 10.6 Å². The van der Waals surface area contributed by atoms with Crippen molar-refractivity contribution in [1.82, 2.24) is 20.4 Å². The zero-order chi connectivity index (χ0) is 20.9. The standard InChI is InChI=1S/C20H30N4O4/c1-4-6-19(27)24(15-25)12-5-11-21-20(28)22-14-17(23(2)3)13-16-7-9-18(26)10-8-16/h4,6-10,15,17,26H,5,11-14H2,1-3H3,(H2,21,22,28)/b6-4-. The number of imide groups is 1. The molecule has 0 radical (unpaired) electrons. The Morgan fingerprint density at radius 1 is 1.18 bits per heavy atom. The average Bonchev–Trinajstić information content (AvgIpc) is 2.66. The largest absolute Gasteiger partial charge is 0.508 e. The lowest BCUT2D eigenvalue weighted by atomic mass is 10.1. The molecule has 1 aromatic rings. The van der Waals surface area contributed by atoms with Crippen LogP contribution in [0.15, 0.2) is 36.4 Å². The molecular weight excluding hydrogens is 360 g/mol. The van der Waals surface area contributed by atoms with E-state index in [9.17, 15) is 19.5 Å². The molecule has 0 aromatic heterocycles. The Kier molecular flexibility index (Phi) is 10.3. The van der Waals surface area contributed by atoms with Crippen LogP contribution in [0.5, 0.6) is 5.75 Å². The number of nitrogens with zero attached hydrogens (tertiary/aromatic N) is 2. The molecule has 0 aliphatic heterocycles. The lowest BCUT2D eigenvalue weighted by Gasteiger charge is -2.25. The van der Waals surface area contributed by atoms with Gasteiger partial charge in [0.1, 0.15) is 5.75 Å². The first kappa shape index (κ1) is 23.2. The van der Waals surface area contributed by atoms with Crippen LogP contribution in [0, 0.1) is 0 Å². The molecule has 0 fully saturated rings. The van der Waals surface area contributed by atoms with Crippen LogP contribution in [-0.4, -0.2) is 73.0 Å². The number of carbonyl (C=O) groups excluding carboxylic acids is 3. The molecule has 0 heterocycles. The van der Waals surface area contributed by atoms with Crippen molar-refractivity contribution in [1.29, 1.82) is 0 Å². The van der Waals surface area contributed by atoms with Gasteiger partial charge in [0.2, 0.25) is 6.41 Å². The first-order valence-electron chi connectivity index (χ1n) is 9.22. The van der Waals surface area contributed by atoms with Gasteiger partial charge in [-0.05, 0) is 57.6 Å². The number of allylic oxidation sites excluding steroid dienone is 1. The van der Waals surface area contributed by atoms with Crippen LogP contribution in [0.1, 0.15) is 18.9 Å². The van der Waals surface area contributed by atoms with Crippen molar-refractivity contribution in [2.75, 3.05) is 33.7 Å². The Bertz CT molecular complexity index is 659. The number of phenols is 1. The van der Waals surface area contributed by atoms with Gasteiger partial charge in [-0.25, -0.2) is 4.79 Å². The van der Waals surface area contributed by atoms with Crippen molar-refractivity contribution in [3.05, 3.63) is 42.0 Å². The molecule has 0 aliphatic carbocycles. The molecule has 0 bridgehead atoms. The van der Waals surface area contributed by atoms with Crippen LogP contribution >= 0.6 is 0 Å². The summed E-state index contributed by atoms with van der Waals surface area (Å²) >= 11 is 0. The summed E-state index contributed by atoms with van der Waals surface area (Å²) in [6.45, 7) is 2.76. The molecule has 1 unspecified atom stereocenters. The van der Waals surface area contributed by atoms with Crippen LogP contribution in [0.25, 0.3) is 0 Å². The molecule has 4 amide bonds. The number of amides is 4. The van der Waals surface area contributed by atoms with Crippen LogP contribution in [-0.2, 0) is 16.0 Å². The summed E-state index contributed by atoms with van der Waals surface area (Å²) in [5.74, 6) is -0.145. The highest BCUT2D eigenvalue weighted by molar-refractivity contribution is 5.94. The monoisotopic (exact) mass is 390 g/mol.